The summed E-state index contributed by atoms with van der Waals surface area (Å²) >= 11 is 3.35. The molecule has 5 nitrogen and oxygen atoms in total. The Hall–Kier alpha value is -1.17. The van der Waals surface area contributed by atoms with E-state index < -0.39 is 0 Å². The highest BCUT2D eigenvalue weighted by Crippen LogP contribution is 1.97. The monoisotopic (exact) mass is 270 g/mol. The van der Waals surface area contributed by atoms with Gasteiger partial charge in [0.15, 0.2) is 5.65 Å². The maximum atomic E-state index is 11.7. The number of unbranched alkanes of at least 4 members (excludes halogenated alkanes) is 1. The van der Waals surface area contributed by atoms with Crippen LogP contribution in [0.1, 0.15) is 12.8 Å². The van der Waals surface area contributed by atoms with Crippen LogP contribution in [-0.4, -0.2) is 24.5 Å². The molecule has 0 saturated carbocycles. The van der Waals surface area contributed by atoms with Crippen molar-refractivity contribution < 1.29 is 0 Å². The zero-order chi connectivity index (χ0) is 10.7. The Morgan fingerprint density at radius 3 is 3.00 bits per heavy atom. The lowest BCUT2D eigenvalue weighted by Crippen LogP contribution is -2.21. The van der Waals surface area contributed by atoms with Crippen molar-refractivity contribution in [3.05, 3.63) is 29.1 Å². The summed E-state index contributed by atoms with van der Waals surface area (Å²) in [5.41, 5.74) is 0.503. The molecule has 0 saturated heterocycles. The fourth-order valence-electron chi connectivity index (χ4n) is 1.38. The SMILES string of the molecule is O=c1n(CCCCBr)nc2cnccn12. The molecular weight excluding hydrogens is 260 g/mol. The Balaban J connectivity index is 2.28. The van der Waals surface area contributed by atoms with E-state index in [2.05, 4.69) is 26.0 Å². The van der Waals surface area contributed by atoms with Crippen molar-refractivity contribution in [3.8, 4) is 0 Å². The molecule has 2 heterocycles. The fourth-order valence-corrected chi connectivity index (χ4v) is 1.78. The van der Waals surface area contributed by atoms with Crippen molar-refractivity contribution >= 4 is 21.6 Å². The summed E-state index contributed by atoms with van der Waals surface area (Å²) in [6.45, 7) is 0.659. The number of aryl methyl sites for hydroxylation is 1. The smallest absolute Gasteiger partial charge is 0.259 e. The Morgan fingerprint density at radius 1 is 1.40 bits per heavy atom. The van der Waals surface area contributed by atoms with Gasteiger partial charge >= 0.3 is 5.69 Å². The van der Waals surface area contributed by atoms with Gasteiger partial charge in [0.25, 0.3) is 0 Å². The third-order valence-corrected chi connectivity index (χ3v) is 2.70. The summed E-state index contributed by atoms with van der Waals surface area (Å²) in [4.78, 5) is 15.7. The van der Waals surface area contributed by atoms with Crippen LogP contribution in [-0.2, 0) is 6.54 Å². The Labute approximate surface area is 94.9 Å². The van der Waals surface area contributed by atoms with Crippen molar-refractivity contribution in [3.63, 3.8) is 0 Å². The first-order valence-electron chi connectivity index (χ1n) is 4.78. The summed E-state index contributed by atoms with van der Waals surface area (Å²) in [5.74, 6) is 0. The van der Waals surface area contributed by atoms with Crippen LogP contribution in [0, 0.1) is 0 Å². The van der Waals surface area contributed by atoms with E-state index in [-0.39, 0.29) is 5.69 Å². The Morgan fingerprint density at radius 2 is 2.27 bits per heavy atom. The zero-order valence-electron chi connectivity index (χ0n) is 8.14. The number of rotatable bonds is 4. The van der Waals surface area contributed by atoms with Crippen LogP contribution >= 0.6 is 15.9 Å². The average Bonchev–Trinajstić information content (AvgIpc) is 2.57. The lowest BCUT2D eigenvalue weighted by atomic mass is 10.3. The molecular formula is C9H11BrN4O. The molecule has 0 aliphatic rings. The van der Waals surface area contributed by atoms with Gasteiger partial charge in [-0.1, -0.05) is 15.9 Å². The molecule has 0 bridgehead atoms. The molecule has 0 atom stereocenters. The van der Waals surface area contributed by atoms with Crippen LogP contribution in [0.3, 0.4) is 0 Å². The number of fused-ring (bicyclic) bond motifs is 1. The van der Waals surface area contributed by atoms with Crippen molar-refractivity contribution in [2.45, 2.75) is 19.4 Å². The molecule has 2 rings (SSSR count). The molecule has 2 aromatic rings. The zero-order valence-corrected chi connectivity index (χ0v) is 9.72. The Kier molecular flexibility index (Phi) is 3.15. The van der Waals surface area contributed by atoms with Crippen LogP contribution < -0.4 is 5.69 Å². The van der Waals surface area contributed by atoms with Crippen LogP contribution in [0.2, 0.25) is 0 Å². The normalized spacial score (nSPS) is 11.0. The molecule has 6 heteroatoms. The van der Waals surface area contributed by atoms with E-state index in [4.69, 9.17) is 0 Å². The third kappa shape index (κ3) is 2.09. The summed E-state index contributed by atoms with van der Waals surface area (Å²) < 4.78 is 2.99. The van der Waals surface area contributed by atoms with E-state index in [0.29, 0.717) is 12.2 Å². The number of aromatic nitrogens is 4. The first-order chi connectivity index (χ1) is 7.33. The molecule has 0 aliphatic carbocycles. The molecule has 0 aromatic carbocycles. The molecule has 0 spiro atoms. The number of hydrogen-bond donors (Lipinski definition) is 0. The van der Waals surface area contributed by atoms with Crippen molar-refractivity contribution in [1.82, 2.24) is 19.2 Å². The van der Waals surface area contributed by atoms with Crippen molar-refractivity contribution in [1.29, 1.82) is 0 Å². The highest BCUT2D eigenvalue weighted by atomic mass is 79.9. The van der Waals surface area contributed by atoms with E-state index in [1.807, 2.05) is 0 Å². The second-order valence-electron chi connectivity index (χ2n) is 3.21. The van der Waals surface area contributed by atoms with E-state index >= 15 is 0 Å². The van der Waals surface area contributed by atoms with Gasteiger partial charge < -0.3 is 0 Å². The topological polar surface area (TPSA) is 52.2 Å². The lowest BCUT2D eigenvalue weighted by Gasteiger charge is -1.95. The molecule has 0 radical (unpaired) electrons. The van der Waals surface area contributed by atoms with Gasteiger partial charge in [0.2, 0.25) is 0 Å². The maximum Gasteiger partial charge on any atom is 0.350 e. The average molecular weight is 271 g/mol. The number of halogens is 1. The molecule has 15 heavy (non-hydrogen) atoms. The lowest BCUT2D eigenvalue weighted by molar-refractivity contribution is 0.557. The standard InChI is InChI=1S/C9H11BrN4O/c10-3-1-2-5-14-9(15)13-6-4-11-7-8(13)12-14/h4,6-7H,1-3,5H2. The minimum atomic E-state index is -0.0954. The van der Waals surface area contributed by atoms with Crippen LogP contribution in [0.5, 0.6) is 0 Å². The van der Waals surface area contributed by atoms with E-state index in [1.54, 1.807) is 18.6 Å². The maximum absolute atomic E-state index is 11.7. The summed E-state index contributed by atoms with van der Waals surface area (Å²) in [5, 5.41) is 5.13. The summed E-state index contributed by atoms with van der Waals surface area (Å²) in [7, 11) is 0. The minimum Gasteiger partial charge on any atom is -0.259 e. The van der Waals surface area contributed by atoms with Crippen LogP contribution in [0.4, 0.5) is 0 Å². The first kappa shape index (κ1) is 10.4. The number of hydrogen-bond acceptors (Lipinski definition) is 3. The first-order valence-corrected chi connectivity index (χ1v) is 5.90. The molecule has 0 fully saturated rings. The largest absolute Gasteiger partial charge is 0.350 e. The number of alkyl halides is 1. The fraction of sp³-hybridized carbons (Fsp3) is 0.444. The molecule has 2 aromatic heterocycles. The van der Waals surface area contributed by atoms with Crippen LogP contribution in [0.15, 0.2) is 23.4 Å². The van der Waals surface area contributed by atoms with Crippen molar-refractivity contribution in [2.75, 3.05) is 5.33 Å². The van der Waals surface area contributed by atoms with E-state index in [9.17, 15) is 4.79 Å². The summed E-state index contributed by atoms with van der Waals surface area (Å²) in [6, 6.07) is 0. The van der Waals surface area contributed by atoms with E-state index in [1.165, 1.54) is 9.08 Å². The second kappa shape index (κ2) is 4.57. The van der Waals surface area contributed by atoms with Gasteiger partial charge in [0.05, 0.1) is 6.20 Å². The second-order valence-corrected chi connectivity index (χ2v) is 4.00. The van der Waals surface area contributed by atoms with Crippen molar-refractivity contribution in [2.24, 2.45) is 0 Å². The highest BCUT2D eigenvalue weighted by Gasteiger charge is 2.04. The molecule has 0 unspecified atom stereocenters. The van der Waals surface area contributed by atoms with Gasteiger partial charge in [-0.25, -0.2) is 13.9 Å². The predicted octanol–water partition coefficient (Wildman–Crippen LogP) is 1.07. The molecule has 0 amide bonds. The van der Waals surface area contributed by atoms with Gasteiger partial charge in [0.1, 0.15) is 0 Å². The molecule has 80 valence electrons. The third-order valence-electron chi connectivity index (χ3n) is 2.14. The quantitative estimate of drug-likeness (QED) is 0.617. The minimum absolute atomic E-state index is 0.0954. The Bertz CT molecular complexity index is 504. The van der Waals surface area contributed by atoms with E-state index in [0.717, 1.165) is 18.2 Å². The predicted molar refractivity (Wildman–Crippen MR) is 60.3 cm³/mol. The van der Waals surface area contributed by atoms with Crippen LogP contribution in [0.25, 0.3) is 5.65 Å². The highest BCUT2D eigenvalue weighted by molar-refractivity contribution is 9.09. The van der Waals surface area contributed by atoms with Gasteiger partial charge in [0, 0.05) is 24.3 Å². The number of nitrogens with zero attached hydrogens (tertiary/aromatic N) is 4. The molecule has 0 aliphatic heterocycles. The van der Waals surface area contributed by atoms with Gasteiger partial charge in [-0.2, -0.15) is 0 Å². The molecule has 0 N–H and O–H groups in total. The van der Waals surface area contributed by atoms with Gasteiger partial charge in [-0.3, -0.25) is 4.98 Å². The summed E-state index contributed by atoms with van der Waals surface area (Å²) in [6.07, 6.45) is 6.79. The van der Waals surface area contributed by atoms with Gasteiger partial charge in [-0.05, 0) is 12.8 Å². The van der Waals surface area contributed by atoms with Gasteiger partial charge in [-0.15, -0.1) is 5.10 Å².